The highest BCUT2D eigenvalue weighted by Crippen LogP contribution is 2.60. The molecule has 10 nitrogen and oxygen atoms in total. The molecular weight excluding hydrogens is 492 g/mol. The van der Waals surface area contributed by atoms with Crippen LogP contribution >= 0.6 is 23.5 Å². The van der Waals surface area contributed by atoms with Crippen molar-refractivity contribution in [1.82, 2.24) is 0 Å². The predicted octanol–water partition coefficient (Wildman–Crippen LogP) is 4.68. The Labute approximate surface area is 210 Å². The molecule has 0 bridgehead atoms. The molecule has 2 aromatic carbocycles. The molecule has 1 spiro atoms. The Balaban J connectivity index is 1.87. The SMILES string of the molecule is CCOC(=O)C1=NN(c2ccc([N+](=O)[O-])cc2)[C@]2(S1)SC(C(=O)OCC)=C(C)N2c1ccccc1. The first-order chi connectivity index (χ1) is 16.8. The molecule has 0 aromatic heterocycles. The number of para-hydroxylation sites is 1. The summed E-state index contributed by atoms with van der Waals surface area (Å²) in [4.78, 5) is 38.6. The van der Waals surface area contributed by atoms with E-state index in [2.05, 4.69) is 5.10 Å². The lowest BCUT2D eigenvalue weighted by atomic mass is 10.2. The summed E-state index contributed by atoms with van der Waals surface area (Å²) in [7, 11) is 0. The molecule has 12 heteroatoms. The number of allylic oxidation sites excluding steroid dienone is 1. The Hall–Kier alpha value is -3.51. The molecule has 0 saturated heterocycles. The largest absolute Gasteiger partial charge is 0.462 e. The van der Waals surface area contributed by atoms with Crippen molar-refractivity contribution in [3.8, 4) is 0 Å². The molecule has 0 aliphatic carbocycles. The van der Waals surface area contributed by atoms with E-state index in [0.717, 1.165) is 17.4 Å². The van der Waals surface area contributed by atoms with Crippen LogP contribution in [0.25, 0.3) is 0 Å². The van der Waals surface area contributed by atoms with Crippen LogP contribution in [-0.4, -0.2) is 39.4 Å². The zero-order valence-electron chi connectivity index (χ0n) is 19.2. The molecule has 0 fully saturated rings. The van der Waals surface area contributed by atoms with Crippen molar-refractivity contribution in [3.63, 3.8) is 0 Å². The highest BCUT2D eigenvalue weighted by atomic mass is 32.2. The Bertz CT molecular complexity index is 1220. The Morgan fingerprint density at radius 3 is 2.20 bits per heavy atom. The van der Waals surface area contributed by atoms with Crippen molar-refractivity contribution < 1.29 is 24.0 Å². The predicted molar refractivity (Wildman–Crippen MR) is 136 cm³/mol. The zero-order chi connectivity index (χ0) is 25.2. The van der Waals surface area contributed by atoms with E-state index >= 15 is 0 Å². The van der Waals surface area contributed by atoms with E-state index < -0.39 is 21.2 Å². The second-order valence-corrected chi connectivity index (χ2v) is 9.87. The van der Waals surface area contributed by atoms with Crippen LogP contribution < -0.4 is 9.91 Å². The smallest absolute Gasteiger partial charge is 0.365 e. The molecule has 182 valence electrons. The number of non-ortho nitro benzene ring substituents is 1. The summed E-state index contributed by atoms with van der Waals surface area (Å²) >= 11 is 2.33. The highest BCUT2D eigenvalue weighted by molar-refractivity contribution is 8.29. The van der Waals surface area contributed by atoms with Gasteiger partial charge in [0.05, 0.1) is 23.8 Å². The maximum absolute atomic E-state index is 12.9. The number of nitro groups is 1. The second kappa shape index (κ2) is 10.0. The van der Waals surface area contributed by atoms with Crippen LogP contribution in [0.4, 0.5) is 17.1 Å². The summed E-state index contributed by atoms with van der Waals surface area (Å²) < 4.78 is 9.35. The number of thioether (sulfide) groups is 2. The van der Waals surface area contributed by atoms with Crippen molar-refractivity contribution in [2.75, 3.05) is 23.1 Å². The van der Waals surface area contributed by atoms with Gasteiger partial charge in [-0.15, -0.1) is 0 Å². The lowest BCUT2D eigenvalue weighted by Gasteiger charge is -2.41. The molecule has 2 aliphatic heterocycles. The summed E-state index contributed by atoms with van der Waals surface area (Å²) in [6.45, 7) is 5.61. The van der Waals surface area contributed by atoms with Crippen LogP contribution in [-0.2, 0) is 19.1 Å². The van der Waals surface area contributed by atoms with E-state index in [0.29, 0.717) is 16.3 Å². The quantitative estimate of drug-likeness (QED) is 0.293. The van der Waals surface area contributed by atoms with Gasteiger partial charge in [0.15, 0.2) is 0 Å². The number of hydrazone groups is 1. The molecule has 2 heterocycles. The normalized spacial score (nSPS) is 19.2. The van der Waals surface area contributed by atoms with Gasteiger partial charge in [0.25, 0.3) is 5.69 Å². The molecule has 2 aliphatic rings. The number of anilines is 2. The standard InChI is InChI=1S/C23H22N4O6S2/c1-4-32-21(28)19-15(3)25(16-9-7-6-8-10-16)23(34-19)26(24-20(35-23)22(29)33-5-2)17-11-13-18(14-12-17)27(30)31/h6-14H,4-5H2,1-3H3/t23-/m0/s1. The molecule has 35 heavy (non-hydrogen) atoms. The van der Waals surface area contributed by atoms with E-state index in [1.807, 2.05) is 35.2 Å². The number of nitrogens with zero attached hydrogens (tertiary/aromatic N) is 4. The molecule has 0 amide bonds. The van der Waals surface area contributed by atoms with Gasteiger partial charge in [-0.1, -0.05) is 30.0 Å². The Morgan fingerprint density at radius 2 is 1.60 bits per heavy atom. The van der Waals surface area contributed by atoms with Gasteiger partial charge in [-0.05, 0) is 56.8 Å². The lowest BCUT2D eigenvalue weighted by Crippen LogP contribution is -2.49. The fourth-order valence-electron chi connectivity index (χ4n) is 3.65. The first kappa shape index (κ1) is 24.6. The van der Waals surface area contributed by atoms with E-state index in [-0.39, 0.29) is 23.9 Å². The molecule has 4 rings (SSSR count). The first-order valence-electron chi connectivity index (χ1n) is 10.7. The van der Waals surface area contributed by atoms with Crippen LogP contribution in [0.3, 0.4) is 0 Å². The summed E-state index contributed by atoms with van der Waals surface area (Å²) in [6.07, 6.45) is 0. The molecule has 0 N–H and O–H groups in total. The number of carbonyl (C=O) groups excluding carboxylic acids is 2. The summed E-state index contributed by atoms with van der Waals surface area (Å²) in [5.74, 6) is -1.08. The van der Waals surface area contributed by atoms with E-state index in [4.69, 9.17) is 9.47 Å². The van der Waals surface area contributed by atoms with Gasteiger partial charge in [0.1, 0.15) is 4.91 Å². The van der Waals surface area contributed by atoms with Gasteiger partial charge >= 0.3 is 11.9 Å². The summed E-state index contributed by atoms with van der Waals surface area (Å²) in [6, 6.07) is 15.2. The molecule has 0 saturated carbocycles. The third-order valence-electron chi connectivity index (χ3n) is 5.10. The number of benzene rings is 2. The first-order valence-corrected chi connectivity index (χ1v) is 12.4. The number of esters is 2. The molecule has 2 aromatic rings. The Kier molecular flexibility index (Phi) is 7.03. The van der Waals surface area contributed by atoms with Crippen molar-refractivity contribution in [3.05, 3.63) is 75.3 Å². The fraction of sp³-hybridized carbons (Fsp3) is 0.261. The van der Waals surface area contributed by atoms with Gasteiger partial charge < -0.3 is 14.4 Å². The topological polar surface area (TPSA) is 115 Å². The molecule has 0 unspecified atom stereocenters. The average molecular weight is 515 g/mol. The minimum atomic E-state index is -1.16. The van der Waals surface area contributed by atoms with Gasteiger partial charge in [-0.25, -0.2) is 14.6 Å². The van der Waals surface area contributed by atoms with Crippen LogP contribution in [0, 0.1) is 10.1 Å². The molecule has 1 atom stereocenters. The average Bonchev–Trinajstić information content (AvgIpc) is 3.37. The van der Waals surface area contributed by atoms with Gasteiger partial charge in [0, 0.05) is 23.5 Å². The van der Waals surface area contributed by atoms with Crippen LogP contribution in [0.5, 0.6) is 0 Å². The monoisotopic (exact) mass is 514 g/mol. The number of nitro benzene ring substituents is 1. The van der Waals surface area contributed by atoms with Crippen molar-refractivity contribution in [2.45, 2.75) is 25.1 Å². The van der Waals surface area contributed by atoms with E-state index in [1.165, 1.54) is 23.9 Å². The van der Waals surface area contributed by atoms with Crippen molar-refractivity contribution in [2.24, 2.45) is 5.10 Å². The number of hydrogen-bond acceptors (Lipinski definition) is 11. The van der Waals surface area contributed by atoms with Crippen molar-refractivity contribution in [1.29, 1.82) is 0 Å². The zero-order valence-corrected chi connectivity index (χ0v) is 20.8. The fourth-order valence-corrected chi connectivity index (χ4v) is 6.60. The van der Waals surface area contributed by atoms with Gasteiger partial charge in [-0.2, -0.15) is 5.10 Å². The number of carbonyl (C=O) groups is 2. The highest BCUT2D eigenvalue weighted by Gasteiger charge is 2.58. The second-order valence-electron chi connectivity index (χ2n) is 7.27. The minimum Gasteiger partial charge on any atom is -0.462 e. The van der Waals surface area contributed by atoms with E-state index in [9.17, 15) is 19.7 Å². The minimum absolute atomic E-state index is 0.0789. The molecule has 0 radical (unpaired) electrons. The summed E-state index contributed by atoms with van der Waals surface area (Å²) in [5, 5.41) is 17.4. The maximum Gasteiger partial charge on any atom is 0.365 e. The number of rotatable bonds is 7. The van der Waals surface area contributed by atoms with E-state index in [1.54, 1.807) is 37.9 Å². The molecular formula is C23H22N4O6S2. The van der Waals surface area contributed by atoms with Crippen molar-refractivity contribution >= 4 is 57.6 Å². The maximum atomic E-state index is 12.9. The van der Waals surface area contributed by atoms with Gasteiger partial charge in [-0.3, -0.25) is 10.1 Å². The van der Waals surface area contributed by atoms with Crippen LogP contribution in [0.1, 0.15) is 20.8 Å². The van der Waals surface area contributed by atoms with Gasteiger partial charge in [0.2, 0.25) is 9.37 Å². The Morgan fingerprint density at radius 1 is 0.971 bits per heavy atom. The number of hydrogen-bond donors (Lipinski definition) is 0. The lowest BCUT2D eigenvalue weighted by molar-refractivity contribution is -0.384. The summed E-state index contributed by atoms with van der Waals surface area (Å²) in [5.41, 5.74) is 1.80. The third kappa shape index (κ3) is 4.46. The van der Waals surface area contributed by atoms with Crippen LogP contribution in [0.15, 0.2) is 70.3 Å². The number of ether oxygens (including phenoxy) is 2. The van der Waals surface area contributed by atoms with Crippen LogP contribution in [0.2, 0.25) is 0 Å². The third-order valence-corrected chi connectivity index (χ3v) is 7.95.